The molecule has 6 heterocycles. The lowest BCUT2D eigenvalue weighted by molar-refractivity contribution is -0.123. The van der Waals surface area contributed by atoms with Crippen molar-refractivity contribution >= 4 is 63.2 Å². The molecule has 24 heteroatoms. The van der Waals surface area contributed by atoms with Crippen molar-refractivity contribution in [3.8, 4) is 28.3 Å². The number of aryl methyl sites for hydroxylation is 2. The molecule has 6 aromatic rings. The second kappa shape index (κ2) is 28.0. The number of hydrogen-bond donors (Lipinski definition) is 4. The van der Waals surface area contributed by atoms with Gasteiger partial charge in [-0.05, 0) is 62.9 Å². The number of carbonyl (C=O) groups excluding carboxylic acids is 3. The van der Waals surface area contributed by atoms with E-state index < -0.39 is 6.04 Å². The Morgan fingerprint density at radius 3 is 2.22 bits per heavy atom. The van der Waals surface area contributed by atoms with Crippen molar-refractivity contribution < 1.29 is 42.8 Å². The molecule has 0 saturated carbocycles. The summed E-state index contributed by atoms with van der Waals surface area (Å²) in [4.78, 5) is 55.7. The number of hydrogen-bond acceptors (Lipinski definition) is 18. The summed E-state index contributed by atoms with van der Waals surface area (Å²) in [6.07, 6.45) is 2.42. The van der Waals surface area contributed by atoms with Crippen LogP contribution in [0.2, 0.25) is 5.02 Å². The van der Waals surface area contributed by atoms with Gasteiger partial charge in [-0.2, -0.15) is 5.10 Å². The number of halogens is 1. The lowest BCUT2D eigenvalue weighted by Crippen LogP contribution is -2.37. The van der Waals surface area contributed by atoms with E-state index in [1.807, 2.05) is 40.4 Å². The highest BCUT2D eigenvalue weighted by Crippen LogP contribution is 2.40. The Morgan fingerprint density at radius 2 is 1.51 bits per heavy atom. The molecule has 2 atom stereocenters. The van der Waals surface area contributed by atoms with Gasteiger partial charge in [0.1, 0.15) is 46.2 Å². The molecule has 0 radical (unpaired) electrons. The first-order valence-electron chi connectivity index (χ1n) is 25.9. The Hall–Kier alpha value is -7.30. The molecule has 8 rings (SSSR count). The molecule has 418 valence electrons. The Balaban J connectivity index is 0.634. The van der Waals surface area contributed by atoms with Crippen molar-refractivity contribution in [2.24, 2.45) is 4.99 Å². The van der Waals surface area contributed by atoms with E-state index in [0.717, 1.165) is 39.6 Å². The topological polar surface area (TPSA) is 259 Å². The zero-order valence-corrected chi connectivity index (χ0v) is 46.6. The normalized spacial score (nSPS) is 14.9. The minimum Gasteiger partial charge on any atom is -0.497 e. The zero-order valence-electron chi connectivity index (χ0n) is 45.1. The first-order valence-corrected chi connectivity index (χ1v) is 27.1. The standard InChI is InChI=1S/C55H66ClN13O9S/c1-34(31-67-18-13-41(32-67)69-53-49(51(57)61-33-62-53)44(66-69)12-7-38-27-42(73-5)29-43(28-38)74-6)54(72)60-16-15-58-46(70)14-19-75-21-23-77-25-26-78-24-22-76-20-17-59-47(71)30-45-52-65-64-37(4)68(52)55-48(35(2)36(3)79-55)50(63-45)39-8-10-40(56)11-9-39/h8-11,27-29,33,41,45H,1,13-26,30-32H2,2-6H3,(H,58,70)(H,59,71)(H,60,72)(H2,57,61,62)/t41-,45?/m0/s1. The van der Waals surface area contributed by atoms with Crippen LogP contribution in [0.5, 0.6) is 11.5 Å². The van der Waals surface area contributed by atoms with Crippen LogP contribution < -0.4 is 31.2 Å². The molecule has 2 aliphatic heterocycles. The molecule has 79 heavy (non-hydrogen) atoms. The third kappa shape index (κ3) is 15.1. The molecule has 0 aliphatic carbocycles. The second-order valence-corrected chi connectivity index (χ2v) is 20.3. The molecule has 0 spiro atoms. The smallest absolute Gasteiger partial charge is 0.247 e. The van der Waals surface area contributed by atoms with Crippen LogP contribution in [-0.4, -0.2) is 169 Å². The van der Waals surface area contributed by atoms with Gasteiger partial charge >= 0.3 is 0 Å². The molecule has 0 bridgehead atoms. The first kappa shape index (κ1) is 57.9. The Bertz CT molecular complexity index is 3200. The second-order valence-electron chi connectivity index (χ2n) is 18.6. The highest BCUT2D eigenvalue weighted by molar-refractivity contribution is 7.15. The van der Waals surface area contributed by atoms with Gasteiger partial charge in [-0.15, -0.1) is 21.5 Å². The van der Waals surface area contributed by atoms with Crippen molar-refractivity contribution in [3.05, 3.63) is 110 Å². The quantitative estimate of drug-likeness (QED) is 0.0311. The fourth-order valence-corrected chi connectivity index (χ4v) is 10.3. The van der Waals surface area contributed by atoms with Gasteiger partial charge in [0.2, 0.25) is 17.7 Å². The number of aromatic nitrogens is 7. The first-order chi connectivity index (χ1) is 38.3. The molecule has 5 N–H and O–H groups in total. The SMILES string of the molecule is C=C(CN1CC[C@H](n2nc(C#Cc3cc(OC)cc(OC)c3)c3c(N)ncnc32)C1)C(=O)NCCNC(=O)CCOCCOCCOCCOCCNC(=O)CC1N=C(c2ccc(Cl)cc2)c2c(sc(C)c2C)-n2c(C)nnc21. The van der Waals surface area contributed by atoms with E-state index in [4.69, 9.17) is 55.8 Å². The van der Waals surface area contributed by atoms with Crippen LogP contribution in [0.15, 0.2) is 65.9 Å². The van der Waals surface area contributed by atoms with E-state index in [9.17, 15) is 14.4 Å². The molecular weight excluding hydrogens is 1050 g/mol. The molecule has 1 fully saturated rings. The van der Waals surface area contributed by atoms with Gasteiger partial charge in [0.25, 0.3) is 0 Å². The number of ether oxygens (including phenoxy) is 6. The van der Waals surface area contributed by atoms with Crippen molar-refractivity contribution in [2.75, 3.05) is 112 Å². The summed E-state index contributed by atoms with van der Waals surface area (Å²) in [5, 5.41) is 24.4. The van der Waals surface area contributed by atoms with Gasteiger partial charge in [0, 0.05) is 83.9 Å². The number of thiophene rings is 1. The molecular formula is C55H66ClN13O9S. The van der Waals surface area contributed by atoms with Crippen molar-refractivity contribution in [1.82, 2.24) is 55.4 Å². The molecule has 22 nitrogen and oxygen atoms in total. The van der Waals surface area contributed by atoms with Crippen LogP contribution in [0.3, 0.4) is 0 Å². The van der Waals surface area contributed by atoms with E-state index in [2.05, 4.69) is 73.3 Å². The molecule has 4 aromatic heterocycles. The Labute approximate surface area is 467 Å². The number of nitrogen functional groups attached to an aromatic ring is 1. The summed E-state index contributed by atoms with van der Waals surface area (Å²) >= 11 is 7.89. The monoisotopic (exact) mass is 1120 g/mol. The minimum absolute atomic E-state index is 0.0498. The summed E-state index contributed by atoms with van der Waals surface area (Å²) in [6.45, 7) is 15.3. The Morgan fingerprint density at radius 1 is 0.835 bits per heavy atom. The van der Waals surface area contributed by atoms with Gasteiger partial charge < -0.3 is 50.1 Å². The van der Waals surface area contributed by atoms with E-state index >= 15 is 0 Å². The fourth-order valence-electron chi connectivity index (χ4n) is 9.01. The van der Waals surface area contributed by atoms with Gasteiger partial charge in [-0.1, -0.05) is 36.2 Å². The number of benzene rings is 2. The third-order valence-electron chi connectivity index (χ3n) is 13.2. The van der Waals surface area contributed by atoms with E-state index in [1.165, 1.54) is 11.2 Å². The number of amides is 3. The Kier molecular flexibility index (Phi) is 20.5. The van der Waals surface area contributed by atoms with Crippen molar-refractivity contribution in [3.63, 3.8) is 0 Å². The predicted molar refractivity (Wildman–Crippen MR) is 299 cm³/mol. The summed E-state index contributed by atoms with van der Waals surface area (Å²) in [5.41, 5.74) is 12.3. The maximum Gasteiger partial charge on any atom is 0.247 e. The number of methoxy groups -OCH3 is 2. The van der Waals surface area contributed by atoms with E-state index in [1.54, 1.807) is 43.8 Å². The minimum atomic E-state index is -0.560. The van der Waals surface area contributed by atoms with Crippen LogP contribution in [0.25, 0.3) is 16.0 Å². The number of carbonyl (C=O) groups is 3. The van der Waals surface area contributed by atoms with Crippen LogP contribution >= 0.6 is 22.9 Å². The molecule has 2 aliphatic rings. The third-order valence-corrected chi connectivity index (χ3v) is 14.6. The van der Waals surface area contributed by atoms with Crippen LogP contribution in [0.1, 0.15) is 75.8 Å². The largest absolute Gasteiger partial charge is 0.497 e. The molecule has 3 amide bonds. The van der Waals surface area contributed by atoms with E-state index in [0.29, 0.717) is 123 Å². The molecule has 1 saturated heterocycles. The maximum atomic E-state index is 13.2. The number of nitrogens with one attached hydrogen (secondary N) is 3. The highest BCUT2D eigenvalue weighted by Gasteiger charge is 2.33. The summed E-state index contributed by atoms with van der Waals surface area (Å²) < 4.78 is 37.0. The average molecular weight is 1120 g/mol. The number of aliphatic imine (C=N–C) groups is 1. The van der Waals surface area contributed by atoms with Crippen LogP contribution in [0, 0.1) is 32.6 Å². The lowest BCUT2D eigenvalue weighted by Gasteiger charge is -2.17. The van der Waals surface area contributed by atoms with Crippen molar-refractivity contribution in [1.29, 1.82) is 0 Å². The van der Waals surface area contributed by atoms with Gasteiger partial charge in [-0.25, -0.2) is 14.6 Å². The molecule has 2 aromatic carbocycles. The number of nitrogens with two attached hydrogens (primary N) is 1. The number of rotatable bonds is 27. The zero-order chi connectivity index (χ0) is 55.8. The fraction of sp³-hybridized carbons (Fsp3) is 0.436. The van der Waals surface area contributed by atoms with Crippen LogP contribution in [0.4, 0.5) is 5.82 Å². The maximum absolute atomic E-state index is 13.2. The summed E-state index contributed by atoms with van der Waals surface area (Å²) in [7, 11) is 3.16. The average Bonchev–Trinajstić information content (AvgIpc) is 4.37. The van der Waals surface area contributed by atoms with Gasteiger partial charge in [0.05, 0.1) is 90.6 Å². The highest BCUT2D eigenvalue weighted by atomic mass is 35.5. The lowest BCUT2D eigenvalue weighted by atomic mass is 9.99. The summed E-state index contributed by atoms with van der Waals surface area (Å²) in [5.74, 6) is 8.47. The number of anilines is 1. The molecule has 1 unspecified atom stereocenters. The van der Waals surface area contributed by atoms with Crippen LogP contribution in [-0.2, 0) is 33.3 Å². The summed E-state index contributed by atoms with van der Waals surface area (Å²) in [6, 6.07) is 12.4. The number of nitrogens with zero attached hydrogens (tertiary/aromatic N) is 9. The van der Waals surface area contributed by atoms with Crippen molar-refractivity contribution in [2.45, 2.75) is 52.1 Å². The number of likely N-dealkylation sites (tertiary alicyclic amines) is 1. The number of fused-ring (bicyclic) bond motifs is 4. The van der Waals surface area contributed by atoms with Gasteiger partial charge in [-0.3, -0.25) is 28.8 Å². The van der Waals surface area contributed by atoms with E-state index in [-0.39, 0.29) is 62.1 Å². The van der Waals surface area contributed by atoms with Gasteiger partial charge in [0.15, 0.2) is 11.5 Å². The predicted octanol–water partition coefficient (Wildman–Crippen LogP) is 4.64.